The monoisotopic (exact) mass is 324 g/mol. The van der Waals surface area contributed by atoms with Crippen LogP contribution in [0.2, 0.25) is 5.02 Å². The maximum Gasteiger partial charge on any atom is 0.249 e. The zero-order chi connectivity index (χ0) is 15.6. The average Bonchev–Trinajstić information content (AvgIpc) is 2.37. The van der Waals surface area contributed by atoms with E-state index in [1.165, 1.54) is 24.3 Å². The SMILES string of the molecule is NC(=O)c1ccccc1CS(=O)(=O)c1ccc(N)cc1Cl. The van der Waals surface area contributed by atoms with Gasteiger partial charge in [-0.2, -0.15) is 0 Å². The number of anilines is 1. The van der Waals surface area contributed by atoms with Crippen molar-refractivity contribution in [2.75, 3.05) is 5.73 Å². The molecule has 21 heavy (non-hydrogen) atoms. The first-order valence-electron chi connectivity index (χ1n) is 5.97. The number of rotatable bonds is 4. The minimum absolute atomic E-state index is 0.0300. The molecule has 2 aromatic carbocycles. The largest absolute Gasteiger partial charge is 0.399 e. The van der Waals surface area contributed by atoms with E-state index in [0.717, 1.165) is 0 Å². The Labute approximate surface area is 127 Å². The van der Waals surface area contributed by atoms with Crippen LogP contribution in [-0.2, 0) is 15.6 Å². The molecule has 0 atom stereocenters. The molecule has 0 aliphatic carbocycles. The van der Waals surface area contributed by atoms with Crippen molar-refractivity contribution < 1.29 is 13.2 Å². The van der Waals surface area contributed by atoms with Crippen LogP contribution in [0.3, 0.4) is 0 Å². The number of nitrogen functional groups attached to an aromatic ring is 1. The van der Waals surface area contributed by atoms with Crippen LogP contribution in [-0.4, -0.2) is 14.3 Å². The molecule has 5 nitrogen and oxygen atoms in total. The molecule has 110 valence electrons. The van der Waals surface area contributed by atoms with Crippen LogP contribution in [0.25, 0.3) is 0 Å². The minimum Gasteiger partial charge on any atom is -0.399 e. The standard InChI is InChI=1S/C14H13ClN2O3S/c15-12-7-10(16)5-6-13(12)21(19,20)8-9-3-1-2-4-11(9)14(17)18/h1-7H,8,16H2,(H2,17,18). The highest BCUT2D eigenvalue weighted by Crippen LogP contribution is 2.27. The van der Waals surface area contributed by atoms with Crippen molar-refractivity contribution in [3.8, 4) is 0 Å². The molecule has 0 saturated carbocycles. The van der Waals surface area contributed by atoms with Gasteiger partial charge in [0.05, 0.1) is 15.7 Å². The van der Waals surface area contributed by atoms with Crippen LogP contribution in [0.15, 0.2) is 47.4 Å². The topological polar surface area (TPSA) is 103 Å². The first kappa shape index (κ1) is 15.3. The van der Waals surface area contributed by atoms with Gasteiger partial charge in [0, 0.05) is 11.3 Å². The van der Waals surface area contributed by atoms with Crippen LogP contribution < -0.4 is 11.5 Å². The van der Waals surface area contributed by atoms with Gasteiger partial charge in [-0.25, -0.2) is 8.42 Å². The molecule has 2 aromatic rings. The number of nitrogens with two attached hydrogens (primary N) is 2. The van der Waals surface area contributed by atoms with Gasteiger partial charge in [0.1, 0.15) is 0 Å². The maximum atomic E-state index is 12.4. The Morgan fingerprint density at radius 1 is 1.14 bits per heavy atom. The lowest BCUT2D eigenvalue weighted by atomic mass is 10.1. The fraction of sp³-hybridized carbons (Fsp3) is 0.0714. The summed E-state index contributed by atoms with van der Waals surface area (Å²) in [6.45, 7) is 0. The van der Waals surface area contributed by atoms with Gasteiger partial charge in [-0.1, -0.05) is 29.8 Å². The Morgan fingerprint density at radius 3 is 2.43 bits per heavy atom. The molecule has 0 unspecified atom stereocenters. The second-order valence-electron chi connectivity index (χ2n) is 4.47. The normalized spacial score (nSPS) is 11.3. The van der Waals surface area contributed by atoms with E-state index < -0.39 is 15.7 Å². The lowest BCUT2D eigenvalue weighted by molar-refractivity contribution is 0.0999. The lowest BCUT2D eigenvalue weighted by Crippen LogP contribution is -2.16. The van der Waals surface area contributed by atoms with Gasteiger partial charge < -0.3 is 11.5 Å². The van der Waals surface area contributed by atoms with Crippen molar-refractivity contribution in [2.24, 2.45) is 5.73 Å². The fourth-order valence-electron chi connectivity index (χ4n) is 1.94. The van der Waals surface area contributed by atoms with Crippen LogP contribution in [0.5, 0.6) is 0 Å². The van der Waals surface area contributed by atoms with E-state index in [-0.39, 0.29) is 21.2 Å². The molecule has 0 heterocycles. The van der Waals surface area contributed by atoms with Crippen molar-refractivity contribution in [2.45, 2.75) is 10.6 Å². The molecule has 0 aliphatic heterocycles. The van der Waals surface area contributed by atoms with Crippen molar-refractivity contribution >= 4 is 33.0 Å². The third kappa shape index (κ3) is 3.34. The van der Waals surface area contributed by atoms with E-state index >= 15 is 0 Å². The van der Waals surface area contributed by atoms with Crippen LogP contribution >= 0.6 is 11.6 Å². The second kappa shape index (κ2) is 5.75. The predicted molar refractivity (Wildman–Crippen MR) is 81.7 cm³/mol. The molecular formula is C14H13ClN2O3S. The van der Waals surface area contributed by atoms with Gasteiger partial charge in [0.2, 0.25) is 5.91 Å². The molecule has 2 rings (SSSR count). The highest BCUT2D eigenvalue weighted by molar-refractivity contribution is 7.90. The predicted octanol–water partition coefficient (Wildman–Crippen LogP) is 2.00. The van der Waals surface area contributed by atoms with E-state index in [9.17, 15) is 13.2 Å². The molecule has 7 heteroatoms. The van der Waals surface area contributed by atoms with Crippen LogP contribution in [0.4, 0.5) is 5.69 Å². The van der Waals surface area contributed by atoms with Crippen molar-refractivity contribution in [1.29, 1.82) is 0 Å². The summed E-state index contributed by atoms with van der Waals surface area (Å²) in [7, 11) is -3.71. The molecule has 0 bridgehead atoms. The van der Waals surface area contributed by atoms with Gasteiger partial charge in [-0.3, -0.25) is 4.79 Å². The van der Waals surface area contributed by atoms with E-state index in [2.05, 4.69) is 0 Å². The summed E-state index contributed by atoms with van der Waals surface area (Å²) >= 11 is 5.93. The smallest absolute Gasteiger partial charge is 0.249 e. The number of halogens is 1. The summed E-state index contributed by atoms with van der Waals surface area (Å²) < 4.78 is 24.9. The Bertz CT molecular complexity index is 804. The molecule has 0 fully saturated rings. The molecule has 0 radical (unpaired) electrons. The van der Waals surface area contributed by atoms with Gasteiger partial charge >= 0.3 is 0 Å². The van der Waals surface area contributed by atoms with Crippen molar-refractivity contribution in [3.05, 3.63) is 58.6 Å². The van der Waals surface area contributed by atoms with Gasteiger partial charge in [0.25, 0.3) is 0 Å². The first-order valence-corrected chi connectivity index (χ1v) is 8.00. The number of sulfone groups is 1. The minimum atomic E-state index is -3.71. The van der Waals surface area contributed by atoms with E-state index in [0.29, 0.717) is 11.3 Å². The lowest BCUT2D eigenvalue weighted by Gasteiger charge is -2.09. The number of amides is 1. The Morgan fingerprint density at radius 2 is 1.81 bits per heavy atom. The van der Waals surface area contributed by atoms with Gasteiger partial charge in [-0.15, -0.1) is 0 Å². The Kier molecular flexibility index (Phi) is 4.20. The second-order valence-corrected chi connectivity index (χ2v) is 6.84. The molecule has 0 spiro atoms. The first-order chi connectivity index (χ1) is 9.81. The zero-order valence-electron chi connectivity index (χ0n) is 10.9. The molecular weight excluding hydrogens is 312 g/mol. The number of primary amides is 1. The van der Waals surface area contributed by atoms with Gasteiger partial charge in [0.15, 0.2) is 9.84 Å². The Hall–Kier alpha value is -2.05. The number of benzene rings is 2. The zero-order valence-corrected chi connectivity index (χ0v) is 12.5. The van der Waals surface area contributed by atoms with Crippen molar-refractivity contribution in [1.82, 2.24) is 0 Å². The van der Waals surface area contributed by atoms with E-state index in [4.69, 9.17) is 23.1 Å². The number of carbonyl (C=O) groups excluding carboxylic acids is 1. The summed E-state index contributed by atoms with van der Waals surface area (Å²) in [5, 5.41) is 0.0477. The summed E-state index contributed by atoms with van der Waals surface area (Å²) in [6.07, 6.45) is 0. The third-order valence-corrected chi connectivity index (χ3v) is 5.06. The summed E-state index contributed by atoms with van der Waals surface area (Å²) in [4.78, 5) is 11.3. The molecule has 4 N–H and O–H groups in total. The quantitative estimate of drug-likeness (QED) is 0.839. The number of hydrogen-bond acceptors (Lipinski definition) is 4. The molecule has 0 saturated heterocycles. The highest BCUT2D eigenvalue weighted by atomic mass is 35.5. The third-order valence-electron chi connectivity index (χ3n) is 2.92. The fourth-order valence-corrected chi connectivity index (χ4v) is 3.93. The summed E-state index contributed by atoms with van der Waals surface area (Å²) in [5.74, 6) is -1.04. The molecule has 0 aliphatic rings. The van der Waals surface area contributed by atoms with E-state index in [1.807, 2.05) is 0 Å². The van der Waals surface area contributed by atoms with Gasteiger partial charge in [-0.05, 0) is 29.8 Å². The van der Waals surface area contributed by atoms with Crippen LogP contribution in [0, 0.1) is 0 Å². The number of carbonyl (C=O) groups is 1. The van der Waals surface area contributed by atoms with Crippen LogP contribution in [0.1, 0.15) is 15.9 Å². The highest BCUT2D eigenvalue weighted by Gasteiger charge is 2.21. The van der Waals surface area contributed by atoms with E-state index in [1.54, 1.807) is 18.2 Å². The Balaban J connectivity index is 2.45. The average molecular weight is 325 g/mol. The van der Waals surface area contributed by atoms with Crippen molar-refractivity contribution in [3.63, 3.8) is 0 Å². The summed E-state index contributed by atoms with van der Waals surface area (Å²) in [6, 6.07) is 10.5. The summed E-state index contributed by atoms with van der Waals surface area (Å²) in [5.41, 5.74) is 11.7. The molecule has 0 aromatic heterocycles. The maximum absolute atomic E-state index is 12.4. The number of hydrogen-bond donors (Lipinski definition) is 2. The molecule has 1 amide bonds.